The summed E-state index contributed by atoms with van der Waals surface area (Å²) in [6.45, 7) is 13.8. The van der Waals surface area contributed by atoms with E-state index in [-0.39, 0.29) is 23.9 Å². The lowest BCUT2D eigenvalue weighted by Crippen LogP contribution is -2.52. The van der Waals surface area contributed by atoms with Crippen LogP contribution in [-0.2, 0) is 9.59 Å². The Balaban J connectivity index is 2.16. The number of nitrogens with zero attached hydrogens (tertiary/aromatic N) is 2. The van der Waals surface area contributed by atoms with E-state index in [9.17, 15) is 9.59 Å². The lowest BCUT2D eigenvalue weighted by atomic mass is 9.85. The molecule has 0 N–H and O–H groups in total. The van der Waals surface area contributed by atoms with E-state index in [1.54, 1.807) is 0 Å². The highest BCUT2D eigenvalue weighted by Gasteiger charge is 2.42. The number of rotatable bonds is 2. The zero-order chi connectivity index (χ0) is 22.3. The fraction of sp³-hybridized carbons (Fsp3) is 0.462. The Kier molecular flexibility index (Phi) is 5.81. The van der Waals surface area contributed by atoms with Gasteiger partial charge in [-0.25, -0.2) is 0 Å². The van der Waals surface area contributed by atoms with Gasteiger partial charge < -0.3 is 9.80 Å². The van der Waals surface area contributed by atoms with Crippen molar-refractivity contribution in [3.8, 4) is 0 Å². The molecule has 30 heavy (non-hydrogen) atoms. The molecule has 0 saturated heterocycles. The largest absolute Gasteiger partial charge is 0.309 e. The molecule has 2 atom stereocenters. The Morgan fingerprint density at radius 3 is 2.00 bits per heavy atom. The first-order chi connectivity index (χ1) is 13.9. The van der Waals surface area contributed by atoms with Crippen molar-refractivity contribution in [2.24, 2.45) is 10.8 Å². The van der Waals surface area contributed by atoms with Crippen molar-refractivity contribution in [2.45, 2.75) is 67.0 Å². The third kappa shape index (κ3) is 4.14. The van der Waals surface area contributed by atoms with Gasteiger partial charge in [0.1, 0.15) is 0 Å². The summed E-state index contributed by atoms with van der Waals surface area (Å²) in [4.78, 5) is 30.7. The molecule has 0 radical (unpaired) electrons. The lowest BCUT2D eigenvalue weighted by molar-refractivity contribution is -0.126. The second-order valence-corrected chi connectivity index (χ2v) is 10.3. The molecule has 160 valence electrons. The summed E-state index contributed by atoms with van der Waals surface area (Å²) in [5.41, 5.74) is 1.82. The summed E-state index contributed by atoms with van der Waals surface area (Å²) >= 11 is 0. The predicted octanol–water partition coefficient (Wildman–Crippen LogP) is 5.98. The van der Waals surface area contributed by atoms with Gasteiger partial charge >= 0.3 is 0 Å². The third-order valence-corrected chi connectivity index (χ3v) is 5.63. The molecule has 4 heteroatoms. The van der Waals surface area contributed by atoms with E-state index >= 15 is 0 Å². The molecule has 0 fully saturated rings. The van der Waals surface area contributed by atoms with E-state index in [1.165, 1.54) is 0 Å². The molecule has 4 nitrogen and oxygen atoms in total. The SMILES string of the molecule is C[C@@H]1C[C@@H](N(C(=O)C(C)(C)C)c2ccccc2)c2ccccc2N1C(=O)C(C)(C)C. The normalized spacial score (nSPS) is 19.2. The first kappa shape index (κ1) is 22.1. The first-order valence-corrected chi connectivity index (χ1v) is 10.7. The number of hydrogen-bond acceptors (Lipinski definition) is 2. The van der Waals surface area contributed by atoms with Gasteiger partial charge in [0.2, 0.25) is 11.8 Å². The van der Waals surface area contributed by atoms with Gasteiger partial charge in [0, 0.05) is 28.2 Å². The fourth-order valence-corrected chi connectivity index (χ4v) is 4.09. The van der Waals surface area contributed by atoms with E-state index in [0.29, 0.717) is 6.42 Å². The summed E-state index contributed by atoms with van der Waals surface area (Å²) in [5, 5.41) is 0. The smallest absolute Gasteiger partial charge is 0.232 e. The van der Waals surface area contributed by atoms with Gasteiger partial charge in [0.25, 0.3) is 0 Å². The van der Waals surface area contributed by atoms with Crippen LogP contribution in [0.2, 0.25) is 0 Å². The second-order valence-electron chi connectivity index (χ2n) is 10.3. The van der Waals surface area contributed by atoms with E-state index in [2.05, 4.69) is 13.0 Å². The number of anilines is 2. The molecule has 2 aromatic carbocycles. The minimum atomic E-state index is -0.521. The average molecular weight is 407 g/mol. The van der Waals surface area contributed by atoms with Crippen LogP contribution in [0.15, 0.2) is 54.6 Å². The molecule has 1 aliphatic heterocycles. The number of benzene rings is 2. The van der Waals surface area contributed by atoms with Crippen LogP contribution in [0.5, 0.6) is 0 Å². The Morgan fingerprint density at radius 1 is 0.867 bits per heavy atom. The molecule has 0 aromatic heterocycles. The van der Waals surface area contributed by atoms with Crippen molar-refractivity contribution in [2.75, 3.05) is 9.80 Å². The van der Waals surface area contributed by atoms with Crippen molar-refractivity contribution in [3.63, 3.8) is 0 Å². The molecule has 1 aliphatic rings. The molecule has 0 bridgehead atoms. The van der Waals surface area contributed by atoms with Gasteiger partial charge in [-0.1, -0.05) is 77.9 Å². The van der Waals surface area contributed by atoms with Gasteiger partial charge in [0.15, 0.2) is 0 Å². The summed E-state index contributed by atoms with van der Waals surface area (Å²) < 4.78 is 0. The maximum absolute atomic E-state index is 13.6. The van der Waals surface area contributed by atoms with E-state index in [4.69, 9.17) is 0 Å². The van der Waals surface area contributed by atoms with Gasteiger partial charge in [-0.05, 0) is 37.1 Å². The number of para-hydroxylation sites is 2. The highest BCUT2D eigenvalue weighted by molar-refractivity contribution is 6.01. The number of carbonyl (C=O) groups excluding carboxylic acids is 2. The molecule has 0 unspecified atom stereocenters. The molecular formula is C26H34N2O2. The van der Waals surface area contributed by atoms with Crippen molar-refractivity contribution < 1.29 is 9.59 Å². The van der Waals surface area contributed by atoms with Crippen molar-refractivity contribution in [3.05, 3.63) is 60.2 Å². The van der Waals surface area contributed by atoms with Crippen LogP contribution in [-0.4, -0.2) is 17.9 Å². The summed E-state index contributed by atoms with van der Waals surface area (Å²) in [6.07, 6.45) is 0.690. The quantitative estimate of drug-likeness (QED) is 0.616. The maximum Gasteiger partial charge on any atom is 0.232 e. The van der Waals surface area contributed by atoms with E-state index in [1.807, 2.05) is 99.9 Å². The molecule has 3 rings (SSSR count). The number of amides is 2. The number of carbonyl (C=O) groups is 2. The molecule has 2 aromatic rings. The van der Waals surface area contributed by atoms with Gasteiger partial charge in [-0.15, -0.1) is 0 Å². The van der Waals surface area contributed by atoms with Crippen LogP contribution in [0.3, 0.4) is 0 Å². The molecule has 1 heterocycles. The average Bonchev–Trinajstić information content (AvgIpc) is 2.67. The lowest BCUT2D eigenvalue weighted by Gasteiger charge is -2.46. The first-order valence-electron chi connectivity index (χ1n) is 10.7. The summed E-state index contributed by atoms with van der Waals surface area (Å²) in [7, 11) is 0. The standard InChI is InChI=1S/C26H34N2O2/c1-18-17-22(28(24(30)26(5,6)7)19-13-9-8-10-14-19)20-15-11-12-16-21(20)27(18)23(29)25(2,3)4/h8-16,18,22H,17H2,1-7H3/t18-,22-/m1/s1. The Morgan fingerprint density at radius 2 is 1.43 bits per heavy atom. The van der Waals surface area contributed by atoms with Crippen LogP contribution >= 0.6 is 0 Å². The van der Waals surface area contributed by atoms with Crippen molar-refractivity contribution >= 4 is 23.2 Å². The zero-order valence-electron chi connectivity index (χ0n) is 19.3. The monoisotopic (exact) mass is 406 g/mol. The molecule has 0 spiro atoms. The van der Waals surface area contributed by atoms with Crippen LogP contribution in [0.1, 0.15) is 66.5 Å². The van der Waals surface area contributed by atoms with Crippen LogP contribution in [0, 0.1) is 10.8 Å². The van der Waals surface area contributed by atoms with Crippen molar-refractivity contribution in [1.29, 1.82) is 0 Å². The molecule has 0 saturated carbocycles. The van der Waals surface area contributed by atoms with Gasteiger partial charge in [-0.3, -0.25) is 9.59 Å². The molecule has 0 aliphatic carbocycles. The Bertz CT molecular complexity index is 922. The highest BCUT2D eigenvalue weighted by atomic mass is 16.2. The third-order valence-electron chi connectivity index (χ3n) is 5.63. The number of hydrogen-bond donors (Lipinski definition) is 0. The van der Waals surface area contributed by atoms with Gasteiger partial charge in [0.05, 0.1) is 6.04 Å². The topological polar surface area (TPSA) is 40.6 Å². The molecular weight excluding hydrogens is 372 g/mol. The summed E-state index contributed by atoms with van der Waals surface area (Å²) in [5.74, 6) is 0.186. The van der Waals surface area contributed by atoms with E-state index < -0.39 is 10.8 Å². The molecule has 2 amide bonds. The number of fused-ring (bicyclic) bond motifs is 1. The second kappa shape index (κ2) is 7.90. The maximum atomic E-state index is 13.6. The predicted molar refractivity (Wildman–Crippen MR) is 124 cm³/mol. The van der Waals surface area contributed by atoms with Crippen molar-refractivity contribution in [1.82, 2.24) is 0 Å². The van der Waals surface area contributed by atoms with Crippen LogP contribution in [0.25, 0.3) is 0 Å². The Hall–Kier alpha value is -2.62. The minimum absolute atomic E-state index is 0.0180. The summed E-state index contributed by atoms with van der Waals surface area (Å²) in [6, 6.07) is 17.7. The van der Waals surface area contributed by atoms with Crippen LogP contribution in [0.4, 0.5) is 11.4 Å². The van der Waals surface area contributed by atoms with Gasteiger partial charge in [-0.2, -0.15) is 0 Å². The van der Waals surface area contributed by atoms with E-state index in [0.717, 1.165) is 16.9 Å². The highest BCUT2D eigenvalue weighted by Crippen LogP contribution is 2.44. The minimum Gasteiger partial charge on any atom is -0.309 e. The Labute approximate surface area is 180 Å². The van der Waals surface area contributed by atoms with Crippen LogP contribution < -0.4 is 9.80 Å². The fourth-order valence-electron chi connectivity index (χ4n) is 4.09. The zero-order valence-corrected chi connectivity index (χ0v) is 19.3.